The van der Waals surface area contributed by atoms with E-state index in [9.17, 15) is 5.11 Å². The largest absolute Gasteiger partial charge is 0.400 e. The molecular formula is C25H28O2Si. The molecule has 144 valence electrons. The van der Waals surface area contributed by atoms with Gasteiger partial charge in [0, 0.05) is 0 Å². The van der Waals surface area contributed by atoms with Gasteiger partial charge in [0.2, 0.25) is 9.76 Å². The van der Waals surface area contributed by atoms with Crippen molar-refractivity contribution in [3.63, 3.8) is 0 Å². The van der Waals surface area contributed by atoms with E-state index in [0.717, 1.165) is 22.3 Å². The minimum atomic E-state index is -0.703. The monoisotopic (exact) mass is 388 g/mol. The summed E-state index contributed by atoms with van der Waals surface area (Å²) in [4.78, 5) is 0. The molecule has 1 N–H and O–H groups in total. The average molecular weight is 389 g/mol. The van der Waals surface area contributed by atoms with Gasteiger partial charge in [-0.25, -0.2) is 0 Å². The third-order valence-electron chi connectivity index (χ3n) is 4.67. The first kappa shape index (κ1) is 20.5. The molecule has 0 fully saturated rings. The first-order chi connectivity index (χ1) is 13.3. The summed E-state index contributed by atoms with van der Waals surface area (Å²) < 4.78 is 6.82. The third-order valence-corrected chi connectivity index (χ3v) is 5.69. The molecule has 2 nitrogen and oxygen atoms in total. The van der Waals surface area contributed by atoms with Crippen LogP contribution in [0.4, 0.5) is 0 Å². The van der Waals surface area contributed by atoms with E-state index in [4.69, 9.17) is 4.43 Å². The van der Waals surface area contributed by atoms with Crippen LogP contribution in [0.5, 0.6) is 0 Å². The molecular weight excluding hydrogens is 360 g/mol. The van der Waals surface area contributed by atoms with Crippen molar-refractivity contribution in [2.75, 3.05) is 0 Å². The standard InChI is InChI=1S/C25H28O2Si/c1-19(26)20-15-17-23(18-16-20)25(27-28-24(2,3)4,21-11-7-5-8-12-21)22-13-9-6-10-14-22/h5-19,26H,1-4H3. The van der Waals surface area contributed by atoms with E-state index in [0.29, 0.717) is 9.76 Å². The molecule has 28 heavy (non-hydrogen) atoms. The summed E-state index contributed by atoms with van der Waals surface area (Å²) in [6.45, 7) is 8.38. The Kier molecular flexibility index (Phi) is 6.19. The summed E-state index contributed by atoms with van der Waals surface area (Å²) in [6.07, 6.45) is -0.491. The maximum Gasteiger partial charge on any atom is 0.237 e. The maximum absolute atomic E-state index is 9.93. The van der Waals surface area contributed by atoms with Gasteiger partial charge in [-0.1, -0.05) is 106 Å². The van der Waals surface area contributed by atoms with Crippen molar-refractivity contribution in [2.24, 2.45) is 0 Å². The Morgan fingerprint density at radius 2 is 1.14 bits per heavy atom. The lowest BCUT2D eigenvalue weighted by Gasteiger charge is -2.38. The fourth-order valence-corrected chi connectivity index (χ4v) is 4.06. The second-order valence-electron chi connectivity index (χ2n) is 8.17. The Balaban J connectivity index is 2.23. The summed E-state index contributed by atoms with van der Waals surface area (Å²) in [5, 5.41) is 9.98. The highest BCUT2D eigenvalue weighted by Crippen LogP contribution is 2.42. The highest BCUT2D eigenvalue weighted by atomic mass is 28.2. The van der Waals surface area contributed by atoms with Crippen molar-refractivity contribution >= 4 is 9.76 Å². The zero-order valence-electron chi connectivity index (χ0n) is 17.0. The molecule has 2 radical (unpaired) electrons. The molecule has 0 bridgehead atoms. The van der Waals surface area contributed by atoms with Gasteiger partial charge in [0.05, 0.1) is 6.10 Å². The predicted octanol–water partition coefficient (Wildman–Crippen LogP) is 5.89. The van der Waals surface area contributed by atoms with Crippen molar-refractivity contribution in [2.45, 2.75) is 44.4 Å². The number of aliphatic hydroxyl groups is 1. The van der Waals surface area contributed by atoms with Crippen LogP contribution < -0.4 is 0 Å². The molecule has 0 saturated heterocycles. The smallest absolute Gasteiger partial charge is 0.237 e. The highest BCUT2D eigenvalue weighted by Gasteiger charge is 2.38. The van der Waals surface area contributed by atoms with Crippen LogP contribution >= 0.6 is 0 Å². The molecule has 3 aromatic rings. The SMILES string of the molecule is CC(O)c1ccc(C(O[Si]C(C)(C)C)(c2ccccc2)c2ccccc2)cc1. The summed E-state index contributed by atoms with van der Waals surface area (Å²) in [7, 11) is 0.313. The first-order valence-electron chi connectivity index (χ1n) is 9.68. The molecule has 0 saturated carbocycles. The van der Waals surface area contributed by atoms with Crippen molar-refractivity contribution in [3.05, 3.63) is 107 Å². The molecule has 0 aliphatic heterocycles. The van der Waals surface area contributed by atoms with Crippen LogP contribution in [-0.2, 0) is 10.0 Å². The molecule has 1 atom stereocenters. The van der Waals surface area contributed by atoms with Crippen LogP contribution in [-0.4, -0.2) is 14.9 Å². The number of rotatable bonds is 6. The number of aliphatic hydroxyl groups excluding tert-OH is 1. The molecule has 0 heterocycles. The van der Waals surface area contributed by atoms with E-state index < -0.39 is 11.7 Å². The van der Waals surface area contributed by atoms with Gasteiger partial charge in [-0.15, -0.1) is 0 Å². The van der Waals surface area contributed by atoms with E-state index in [1.165, 1.54) is 0 Å². The van der Waals surface area contributed by atoms with Gasteiger partial charge in [-0.2, -0.15) is 0 Å². The molecule has 0 spiro atoms. The van der Waals surface area contributed by atoms with Crippen LogP contribution in [0.2, 0.25) is 5.04 Å². The van der Waals surface area contributed by atoms with E-state index in [-0.39, 0.29) is 5.04 Å². The van der Waals surface area contributed by atoms with E-state index >= 15 is 0 Å². The van der Waals surface area contributed by atoms with Crippen molar-refractivity contribution in [1.82, 2.24) is 0 Å². The van der Waals surface area contributed by atoms with Crippen LogP contribution in [0.3, 0.4) is 0 Å². The minimum absolute atomic E-state index is 0.0500. The molecule has 3 heteroatoms. The molecule has 0 aromatic heterocycles. The molecule has 0 aliphatic rings. The topological polar surface area (TPSA) is 29.5 Å². The maximum atomic E-state index is 9.93. The van der Waals surface area contributed by atoms with E-state index in [1.807, 2.05) is 24.3 Å². The van der Waals surface area contributed by atoms with E-state index in [2.05, 4.69) is 81.4 Å². The van der Waals surface area contributed by atoms with Crippen molar-refractivity contribution in [3.8, 4) is 0 Å². The zero-order chi connectivity index (χ0) is 20.2. The van der Waals surface area contributed by atoms with Gasteiger partial charge in [-0.05, 0) is 34.2 Å². The fraction of sp³-hybridized carbons (Fsp3) is 0.280. The Hall–Kier alpha value is -2.20. The molecule has 3 rings (SSSR count). The summed E-state index contributed by atoms with van der Waals surface area (Å²) >= 11 is 0. The third kappa shape index (κ3) is 4.44. The quantitative estimate of drug-likeness (QED) is 0.422. The number of hydrogen-bond acceptors (Lipinski definition) is 2. The lowest BCUT2D eigenvalue weighted by molar-refractivity contribution is 0.156. The summed E-state index contributed by atoms with van der Waals surface area (Å²) in [5.41, 5.74) is 3.46. The van der Waals surface area contributed by atoms with Gasteiger partial charge < -0.3 is 9.53 Å². The Morgan fingerprint density at radius 1 is 0.714 bits per heavy atom. The fourth-order valence-electron chi connectivity index (χ4n) is 3.25. The number of benzene rings is 3. The summed E-state index contributed by atoms with van der Waals surface area (Å²) in [6, 6.07) is 28.9. The van der Waals surface area contributed by atoms with Gasteiger partial charge in [0.25, 0.3) is 0 Å². The molecule has 3 aromatic carbocycles. The summed E-state index contributed by atoms with van der Waals surface area (Å²) in [5.74, 6) is 0. The van der Waals surface area contributed by atoms with Gasteiger partial charge >= 0.3 is 0 Å². The van der Waals surface area contributed by atoms with Crippen LogP contribution in [0, 0.1) is 0 Å². The van der Waals surface area contributed by atoms with Crippen LogP contribution in [0.15, 0.2) is 84.9 Å². The van der Waals surface area contributed by atoms with Crippen molar-refractivity contribution < 1.29 is 9.53 Å². The number of hydrogen-bond donors (Lipinski definition) is 1. The normalized spacial score (nSPS) is 13.3. The average Bonchev–Trinajstić information content (AvgIpc) is 2.70. The molecule has 0 amide bonds. The first-order valence-corrected chi connectivity index (χ1v) is 10.6. The molecule has 0 aliphatic carbocycles. The van der Waals surface area contributed by atoms with Gasteiger partial charge in [-0.3, -0.25) is 0 Å². The predicted molar refractivity (Wildman–Crippen MR) is 116 cm³/mol. The second-order valence-corrected chi connectivity index (χ2v) is 10.1. The Labute approximate surface area is 171 Å². The minimum Gasteiger partial charge on any atom is -0.400 e. The second kappa shape index (κ2) is 8.44. The lowest BCUT2D eigenvalue weighted by atomic mass is 9.80. The van der Waals surface area contributed by atoms with Crippen LogP contribution in [0.25, 0.3) is 0 Å². The Bertz CT molecular complexity index is 826. The van der Waals surface area contributed by atoms with Crippen LogP contribution in [0.1, 0.15) is 56.1 Å². The molecule has 1 unspecified atom stereocenters. The lowest BCUT2D eigenvalue weighted by Crippen LogP contribution is -2.36. The highest BCUT2D eigenvalue weighted by molar-refractivity contribution is 6.32. The van der Waals surface area contributed by atoms with E-state index in [1.54, 1.807) is 6.92 Å². The van der Waals surface area contributed by atoms with Crippen molar-refractivity contribution in [1.29, 1.82) is 0 Å². The van der Waals surface area contributed by atoms with Gasteiger partial charge in [0.1, 0.15) is 5.60 Å². The van der Waals surface area contributed by atoms with Gasteiger partial charge in [0.15, 0.2) is 0 Å². The Morgan fingerprint density at radius 3 is 1.54 bits per heavy atom. The zero-order valence-corrected chi connectivity index (χ0v) is 18.0.